The molecule has 2 amide bonds. The Balaban J connectivity index is 1.32. The van der Waals surface area contributed by atoms with Crippen LogP contribution in [0, 0.1) is 5.92 Å². The lowest BCUT2D eigenvalue weighted by atomic mass is 9.84. The number of nitrogens with one attached hydrogen (secondary N) is 1. The van der Waals surface area contributed by atoms with Crippen molar-refractivity contribution in [1.29, 1.82) is 0 Å². The molecule has 3 fully saturated rings. The molecular formula is C16H21N3O3. The van der Waals surface area contributed by atoms with Crippen molar-refractivity contribution in [2.45, 2.75) is 50.5 Å². The number of amides is 2. The average molecular weight is 303 g/mol. The summed E-state index contributed by atoms with van der Waals surface area (Å²) in [5, 5.41) is 6.98. The first-order valence-corrected chi connectivity index (χ1v) is 8.27. The van der Waals surface area contributed by atoms with Crippen LogP contribution >= 0.6 is 0 Å². The van der Waals surface area contributed by atoms with Gasteiger partial charge >= 0.3 is 0 Å². The summed E-state index contributed by atoms with van der Waals surface area (Å²) in [5.74, 6) is 1.56. The third-order valence-corrected chi connectivity index (χ3v) is 5.03. The second kappa shape index (κ2) is 5.41. The molecule has 2 aliphatic carbocycles. The molecular weight excluding hydrogens is 282 g/mol. The second-order valence-electron chi connectivity index (χ2n) is 6.76. The highest BCUT2D eigenvalue weighted by Gasteiger charge is 2.34. The lowest BCUT2D eigenvalue weighted by Gasteiger charge is -2.26. The zero-order valence-corrected chi connectivity index (χ0v) is 12.6. The minimum Gasteiger partial charge on any atom is -0.360 e. The summed E-state index contributed by atoms with van der Waals surface area (Å²) in [6, 6.07) is 1.85. The number of aromatic nitrogens is 1. The maximum atomic E-state index is 12.4. The molecule has 118 valence electrons. The number of hydrogen-bond donors (Lipinski definition) is 1. The van der Waals surface area contributed by atoms with Crippen LogP contribution in [0.1, 0.15) is 60.7 Å². The fraction of sp³-hybridized carbons (Fsp3) is 0.688. The predicted octanol–water partition coefficient (Wildman–Crippen LogP) is 1.68. The third-order valence-electron chi connectivity index (χ3n) is 5.03. The monoisotopic (exact) mass is 303 g/mol. The number of hydrogen-bond acceptors (Lipinski definition) is 4. The first-order valence-electron chi connectivity index (χ1n) is 8.27. The SMILES string of the molecule is O=C(N[C@@H]1CCN(C(=O)c2cc(C3CC3)on2)C1)C1CCC1. The Bertz CT molecular complexity index is 589. The molecule has 0 spiro atoms. The fourth-order valence-electron chi connectivity index (χ4n) is 3.16. The van der Waals surface area contributed by atoms with Crippen molar-refractivity contribution in [3.63, 3.8) is 0 Å². The fourth-order valence-corrected chi connectivity index (χ4v) is 3.16. The predicted molar refractivity (Wildman–Crippen MR) is 78.3 cm³/mol. The Kier molecular flexibility index (Phi) is 3.39. The highest BCUT2D eigenvalue weighted by Crippen LogP contribution is 2.40. The largest absolute Gasteiger partial charge is 0.360 e. The molecule has 1 saturated heterocycles. The Labute approximate surface area is 129 Å². The van der Waals surface area contributed by atoms with E-state index in [2.05, 4.69) is 10.5 Å². The quantitative estimate of drug-likeness (QED) is 0.918. The molecule has 6 nitrogen and oxygen atoms in total. The summed E-state index contributed by atoms with van der Waals surface area (Å²) in [5.41, 5.74) is 0.396. The van der Waals surface area contributed by atoms with Crippen molar-refractivity contribution in [1.82, 2.24) is 15.4 Å². The van der Waals surface area contributed by atoms with Crippen LogP contribution in [-0.4, -0.2) is 41.0 Å². The summed E-state index contributed by atoms with van der Waals surface area (Å²) in [6.45, 7) is 1.24. The van der Waals surface area contributed by atoms with E-state index in [0.29, 0.717) is 24.7 Å². The molecule has 2 saturated carbocycles. The molecule has 2 heterocycles. The minimum absolute atomic E-state index is 0.0758. The maximum Gasteiger partial charge on any atom is 0.276 e. The van der Waals surface area contributed by atoms with Gasteiger partial charge in [0.25, 0.3) is 5.91 Å². The van der Waals surface area contributed by atoms with Gasteiger partial charge in [-0.15, -0.1) is 0 Å². The third kappa shape index (κ3) is 2.62. The molecule has 1 N–H and O–H groups in total. The van der Waals surface area contributed by atoms with Gasteiger partial charge in [-0.3, -0.25) is 9.59 Å². The van der Waals surface area contributed by atoms with Gasteiger partial charge in [-0.05, 0) is 32.1 Å². The van der Waals surface area contributed by atoms with Gasteiger partial charge in [0.15, 0.2) is 5.69 Å². The van der Waals surface area contributed by atoms with Gasteiger partial charge in [-0.1, -0.05) is 11.6 Å². The number of carbonyl (C=O) groups excluding carboxylic acids is 2. The van der Waals surface area contributed by atoms with Crippen molar-refractivity contribution in [2.24, 2.45) is 5.92 Å². The number of rotatable bonds is 4. The normalized spacial score (nSPS) is 25.1. The van der Waals surface area contributed by atoms with E-state index in [4.69, 9.17) is 4.52 Å². The van der Waals surface area contributed by atoms with Crippen LogP contribution in [0.4, 0.5) is 0 Å². The van der Waals surface area contributed by atoms with E-state index in [1.165, 1.54) is 0 Å². The Morgan fingerprint density at radius 1 is 1.23 bits per heavy atom. The number of nitrogens with zero attached hydrogens (tertiary/aromatic N) is 2. The van der Waals surface area contributed by atoms with Crippen LogP contribution in [0.2, 0.25) is 0 Å². The maximum absolute atomic E-state index is 12.4. The molecule has 4 rings (SSSR count). The summed E-state index contributed by atoms with van der Waals surface area (Å²) in [6.07, 6.45) is 6.23. The number of carbonyl (C=O) groups is 2. The molecule has 6 heteroatoms. The Morgan fingerprint density at radius 3 is 2.73 bits per heavy atom. The van der Waals surface area contributed by atoms with Gasteiger partial charge in [-0.25, -0.2) is 0 Å². The van der Waals surface area contributed by atoms with Gasteiger partial charge in [0.2, 0.25) is 5.91 Å². The standard InChI is InChI=1S/C16H21N3O3/c20-15(11-2-1-3-11)17-12-6-7-19(9-12)16(21)13-8-14(22-18-13)10-4-5-10/h8,10-12H,1-7,9H2,(H,17,20)/t12-/m1/s1. The Hall–Kier alpha value is -1.85. The van der Waals surface area contributed by atoms with Gasteiger partial charge in [-0.2, -0.15) is 0 Å². The summed E-state index contributed by atoms with van der Waals surface area (Å²) < 4.78 is 5.25. The van der Waals surface area contributed by atoms with E-state index < -0.39 is 0 Å². The molecule has 0 radical (unpaired) electrons. The van der Waals surface area contributed by atoms with E-state index in [1.807, 2.05) is 0 Å². The Morgan fingerprint density at radius 2 is 2.05 bits per heavy atom. The second-order valence-corrected chi connectivity index (χ2v) is 6.76. The summed E-state index contributed by atoms with van der Waals surface area (Å²) in [7, 11) is 0. The van der Waals surface area contributed by atoms with E-state index in [0.717, 1.165) is 44.3 Å². The molecule has 0 bridgehead atoms. The lowest BCUT2D eigenvalue weighted by Crippen LogP contribution is -2.43. The molecule has 1 atom stereocenters. The van der Waals surface area contributed by atoms with Crippen LogP contribution in [0.3, 0.4) is 0 Å². The molecule has 1 aromatic heterocycles. The molecule has 1 aliphatic heterocycles. The first-order chi connectivity index (χ1) is 10.7. The topological polar surface area (TPSA) is 75.4 Å². The summed E-state index contributed by atoms with van der Waals surface area (Å²) in [4.78, 5) is 26.2. The summed E-state index contributed by atoms with van der Waals surface area (Å²) >= 11 is 0. The smallest absolute Gasteiger partial charge is 0.276 e. The van der Waals surface area contributed by atoms with Gasteiger partial charge in [0.1, 0.15) is 5.76 Å². The highest BCUT2D eigenvalue weighted by molar-refractivity contribution is 5.92. The average Bonchev–Trinajstić information content (AvgIpc) is 2.99. The zero-order chi connectivity index (χ0) is 15.1. The van der Waals surface area contributed by atoms with Crippen molar-refractivity contribution in [3.05, 3.63) is 17.5 Å². The lowest BCUT2D eigenvalue weighted by molar-refractivity contribution is -0.128. The number of likely N-dealkylation sites (tertiary alicyclic amines) is 1. The van der Waals surface area contributed by atoms with Gasteiger partial charge < -0.3 is 14.7 Å². The van der Waals surface area contributed by atoms with Gasteiger partial charge in [0.05, 0.1) is 0 Å². The first kappa shape index (κ1) is 13.8. The molecule has 3 aliphatic rings. The van der Waals surface area contributed by atoms with Crippen molar-refractivity contribution in [3.8, 4) is 0 Å². The molecule has 0 aromatic carbocycles. The van der Waals surface area contributed by atoms with E-state index in [1.54, 1.807) is 11.0 Å². The van der Waals surface area contributed by atoms with Gasteiger partial charge in [0, 0.05) is 37.0 Å². The van der Waals surface area contributed by atoms with Crippen molar-refractivity contribution < 1.29 is 14.1 Å². The minimum atomic E-state index is -0.0870. The molecule has 22 heavy (non-hydrogen) atoms. The van der Waals surface area contributed by atoms with E-state index in [9.17, 15) is 9.59 Å². The van der Waals surface area contributed by atoms with E-state index in [-0.39, 0.29) is 23.8 Å². The highest BCUT2D eigenvalue weighted by atomic mass is 16.5. The van der Waals surface area contributed by atoms with Crippen molar-refractivity contribution in [2.75, 3.05) is 13.1 Å². The van der Waals surface area contributed by atoms with Crippen LogP contribution in [-0.2, 0) is 4.79 Å². The zero-order valence-electron chi connectivity index (χ0n) is 12.6. The van der Waals surface area contributed by atoms with E-state index >= 15 is 0 Å². The van der Waals surface area contributed by atoms with Crippen molar-refractivity contribution >= 4 is 11.8 Å². The van der Waals surface area contributed by atoms with Crippen LogP contribution in [0.25, 0.3) is 0 Å². The van der Waals surface area contributed by atoms with Crippen LogP contribution < -0.4 is 5.32 Å². The molecule has 1 aromatic rings. The molecule has 0 unspecified atom stereocenters. The van der Waals surface area contributed by atoms with Crippen LogP contribution in [0.5, 0.6) is 0 Å². The van der Waals surface area contributed by atoms with Crippen LogP contribution in [0.15, 0.2) is 10.6 Å².